The van der Waals surface area contributed by atoms with E-state index in [1.54, 1.807) is 12.1 Å². The van der Waals surface area contributed by atoms with Crippen molar-refractivity contribution in [1.82, 2.24) is 4.90 Å². The second-order valence-electron chi connectivity index (χ2n) is 4.54. The van der Waals surface area contributed by atoms with Gasteiger partial charge >= 0.3 is 0 Å². The van der Waals surface area contributed by atoms with Gasteiger partial charge in [-0.2, -0.15) is 0 Å². The molecule has 1 N–H and O–H groups in total. The quantitative estimate of drug-likeness (QED) is 0.882. The predicted octanol–water partition coefficient (Wildman–Crippen LogP) is 2.66. The van der Waals surface area contributed by atoms with Gasteiger partial charge < -0.3 is 9.84 Å². The van der Waals surface area contributed by atoms with Crippen molar-refractivity contribution in [2.24, 2.45) is 0 Å². The summed E-state index contributed by atoms with van der Waals surface area (Å²) < 4.78 is 5.59. The SMILES string of the molecule is CC1CN(Cc2cc(Cl)ccc2O)CCCO1. The molecule has 2 rings (SSSR count). The van der Waals surface area contributed by atoms with Crippen molar-refractivity contribution in [3.8, 4) is 5.75 Å². The standard InChI is InChI=1S/C13H18ClNO2/c1-10-8-15(5-2-6-17-10)9-11-7-12(14)3-4-13(11)16/h3-4,7,10,16H,2,5-6,8-9H2,1H3. The number of phenols is 1. The molecule has 0 spiro atoms. The lowest BCUT2D eigenvalue weighted by Gasteiger charge is -2.22. The minimum atomic E-state index is 0.249. The Morgan fingerprint density at radius 3 is 3.18 bits per heavy atom. The van der Waals surface area contributed by atoms with E-state index in [2.05, 4.69) is 11.8 Å². The molecule has 1 aromatic carbocycles. The molecule has 3 nitrogen and oxygen atoms in total. The van der Waals surface area contributed by atoms with E-state index < -0.39 is 0 Å². The van der Waals surface area contributed by atoms with Crippen LogP contribution >= 0.6 is 11.6 Å². The van der Waals surface area contributed by atoms with Gasteiger partial charge in [0.2, 0.25) is 0 Å². The Labute approximate surface area is 107 Å². The molecular weight excluding hydrogens is 238 g/mol. The highest BCUT2D eigenvalue weighted by atomic mass is 35.5. The molecular formula is C13H18ClNO2. The molecule has 17 heavy (non-hydrogen) atoms. The Morgan fingerprint density at radius 1 is 1.53 bits per heavy atom. The third kappa shape index (κ3) is 3.60. The molecule has 1 saturated heterocycles. The van der Waals surface area contributed by atoms with Crippen molar-refractivity contribution in [1.29, 1.82) is 0 Å². The van der Waals surface area contributed by atoms with Gasteiger partial charge in [-0.15, -0.1) is 0 Å². The summed E-state index contributed by atoms with van der Waals surface area (Å²) in [7, 11) is 0. The zero-order valence-corrected chi connectivity index (χ0v) is 10.8. The molecule has 0 radical (unpaired) electrons. The lowest BCUT2D eigenvalue weighted by molar-refractivity contribution is 0.0667. The topological polar surface area (TPSA) is 32.7 Å². The summed E-state index contributed by atoms with van der Waals surface area (Å²) in [6.07, 6.45) is 1.28. The summed E-state index contributed by atoms with van der Waals surface area (Å²) in [6, 6.07) is 5.18. The molecule has 0 bridgehead atoms. The van der Waals surface area contributed by atoms with Crippen LogP contribution in [-0.4, -0.2) is 35.8 Å². The summed E-state index contributed by atoms with van der Waals surface area (Å²) in [5, 5.41) is 10.4. The number of benzene rings is 1. The third-order valence-corrected chi connectivity index (χ3v) is 3.21. The second-order valence-corrected chi connectivity index (χ2v) is 4.98. The number of rotatable bonds is 2. The number of ether oxygens (including phenoxy) is 1. The molecule has 1 unspecified atom stereocenters. The number of aromatic hydroxyl groups is 1. The first-order valence-corrected chi connectivity index (χ1v) is 6.34. The smallest absolute Gasteiger partial charge is 0.120 e. The monoisotopic (exact) mass is 255 g/mol. The van der Waals surface area contributed by atoms with Crippen LogP contribution in [0, 0.1) is 0 Å². The highest BCUT2D eigenvalue weighted by Crippen LogP contribution is 2.23. The molecule has 1 fully saturated rings. The summed E-state index contributed by atoms with van der Waals surface area (Å²) in [5.74, 6) is 0.312. The van der Waals surface area contributed by atoms with Crippen LogP contribution in [0.25, 0.3) is 0 Å². The molecule has 0 aromatic heterocycles. The molecule has 94 valence electrons. The van der Waals surface area contributed by atoms with E-state index in [9.17, 15) is 5.11 Å². The fourth-order valence-electron chi connectivity index (χ4n) is 2.15. The third-order valence-electron chi connectivity index (χ3n) is 2.97. The zero-order chi connectivity index (χ0) is 12.3. The molecule has 1 aliphatic heterocycles. The van der Waals surface area contributed by atoms with E-state index in [1.807, 2.05) is 6.07 Å². The average Bonchev–Trinajstić information content (AvgIpc) is 2.48. The van der Waals surface area contributed by atoms with Gasteiger partial charge in [-0.05, 0) is 31.5 Å². The van der Waals surface area contributed by atoms with Gasteiger partial charge in [0.25, 0.3) is 0 Å². The number of hydrogen-bond acceptors (Lipinski definition) is 3. The largest absolute Gasteiger partial charge is 0.508 e. The maximum Gasteiger partial charge on any atom is 0.120 e. The Hall–Kier alpha value is -0.770. The van der Waals surface area contributed by atoms with Crippen molar-refractivity contribution in [3.05, 3.63) is 28.8 Å². The normalized spacial score (nSPS) is 22.4. The summed E-state index contributed by atoms with van der Waals surface area (Å²) in [5.41, 5.74) is 0.881. The van der Waals surface area contributed by atoms with E-state index in [1.165, 1.54) is 0 Å². The van der Waals surface area contributed by atoms with Crippen LogP contribution in [0.1, 0.15) is 18.9 Å². The number of phenolic OH excluding ortho intramolecular Hbond substituents is 1. The first-order valence-electron chi connectivity index (χ1n) is 5.96. The number of halogens is 1. The Bertz CT molecular complexity index is 384. The van der Waals surface area contributed by atoms with Gasteiger partial charge in [-0.3, -0.25) is 4.90 Å². The van der Waals surface area contributed by atoms with E-state index in [0.717, 1.165) is 38.2 Å². The van der Waals surface area contributed by atoms with E-state index in [4.69, 9.17) is 16.3 Å². The van der Waals surface area contributed by atoms with Gasteiger partial charge in [0.1, 0.15) is 5.75 Å². The summed E-state index contributed by atoms with van der Waals surface area (Å²) in [4.78, 5) is 2.29. The maximum atomic E-state index is 9.79. The van der Waals surface area contributed by atoms with Crippen molar-refractivity contribution < 1.29 is 9.84 Å². The first kappa shape index (κ1) is 12.7. The predicted molar refractivity (Wildman–Crippen MR) is 68.4 cm³/mol. The van der Waals surface area contributed by atoms with E-state index in [0.29, 0.717) is 10.8 Å². The summed E-state index contributed by atoms with van der Waals surface area (Å²) in [6.45, 7) is 5.51. The molecule has 0 aliphatic carbocycles. The molecule has 1 aliphatic rings. The highest BCUT2D eigenvalue weighted by Gasteiger charge is 2.16. The fraction of sp³-hybridized carbons (Fsp3) is 0.538. The van der Waals surface area contributed by atoms with Crippen molar-refractivity contribution >= 4 is 11.6 Å². The lowest BCUT2D eigenvalue weighted by atomic mass is 10.2. The Balaban J connectivity index is 2.06. The van der Waals surface area contributed by atoms with Gasteiger partial charge in [0.15, 0.2) is 0 Å². The Kier molecular flexibility index (Phi) is 4.26. The zero-order valence-electron chi connectivity index (χ0n) is 10.0. The van der Waals surface area contributed by atoms with Gasteiger partial charge in [0.05, 0.1) is 6.10 Å². The van der Waals surface area contributed by atoms with Gasteiger partial charge in [-0.25, -0.2) is 0 Å². The van der Waals surface area contributed by atoms with Crippen molar-refractivity contribution in [2.75, 3.05) is 19.7 Å². The van der Waals surface area contributed by atoms with Crippen LogP contribution in [0.15, 0.2) is 18.2 Å². The average molecular weight is 256 g/mol. The van der Waals surface area contributed by atoms with Crippen molar-refractivity contribution in [2.45, 2.75) is 26.0 Å². The number of hydrogen-bond donors (Lipinski definition) is 1. The van der Waals surface area contributed by atoms with Crippen LogP contribution in [0.5, 0.6) is 5.75 Å². The molecule has 4 heteroatoms. The van der Waals surface area contributed by atoms with Gasteiger partial charge in [0, 0.05) is 36.8 Å². The van der Waals surface area contributed by atoms with Crippen LogP contribution in [-0.2, 0) is 11.3 Å². The molecule has 0 amide bonds. The number of nitrogens with zero attached hydrogens (tertiary/aromatic N) is 1. The van der Waals surface area contributed by atoms with E-state index >= 15 is 0 Å². The minimum absolute atomic E-state index is 0.249. The fourth-order valence-corrected chi connectivity index (χ4v) is 2.34. The van der Waals surface area contributed by atoms with Gasteiger partial charge in [-0.1, -0.05) is 11.6 Å². The van der Waals surface area contributed by atoms with E-state index in [-0.39, 0.29) is 6.10 Å². The second kappa shape index (κ2) is 5.71. The molecule has 1 atom stereocenters. The minimum Gasteiger partial charge on any atom is -0.508 e. The van der Waals surface area contributed by atoms with Crippen LogP contribution < -0.4 is 0 Å². The van der Waals surface area contributed by atoms with Crippen LogP contribution in [0.2, 0.25) is 5.02 Å². The van der Waals surface area contributed by atoms with Crippen molar-refractivity contribution in [3.63, 3.8) is 0 Å². The summed E-state index contributed by atoms with van der Waals surface area (Å²) >= 11 is 5.94. The molecule has 1 aromatic rings. The van der Waals surface area contributed by atoms with Crippen LogP contribution in [0.3, 0.4) is 0 Å². The molecule has 0 saturated carbocycles. The maximum absolute atomic E-state index is 9.79. The lowest BCUT2D eigenvalue weighted by Crippen LogP contribution is -2.29. The molecule has 1 heterocycles. The highest BCUT2D eigenvalue weighted by molar-refractivity contribution is 6.30. The Morgan fingerprint density at radius 2 is 2.35 bits per heavy atom. The van der Waals surface area contributed by atoms with Crippen LogP contribution in [0.4, 0.5) is 0 Å². The first-order chi connectivity index (χ1) is 8.15.